The summed E-state index contributed by atoms with van der Waals surface area (Å²) >= 11 is 1.39. The van der Waals surface area contributed by atoms with Gasteiger partial charge in [0.15, 0.2) is 5.75 Å². The molecule has 4 aromatic heterocycles. The molecule has 0 bridgehead atoms. The van der Waals surface area contributed by atoms with Gasteiger partial charge in [-0.2, -0.15) is 0 Å². The number of rotatable bonds is 6. The lowest BCUT2D eigenvalue weighted by atomic mass is 10.1. The highest BCUT2D eigenvalue weighted by atomic mass is 32.1. The van der Waals surface area contributed by atoms with E-state index < -0.39 is 7.14 Å². The monoisotopic (exact) mass is 526 g/mol. The summed E-state index contributed by atoms with van der Waals surface area (Å²) < 4.78 is 21.8. The molecule has 0 radical (unpaired) electrons. The van der Waals surface area contributed by atoms with Crippen molar-refractivity contribution in [3.05, 3.63) is 57.3 Å². The molecule has 190 valence electrons. The zero-order valence-electron chi connectivity index (χ0n) is 21.8. The molecule has 0 saturated heterocycles. The summed E-state index contributed by atoms with van der Waals surface area (Å²) in [5.41, 5.74) is 3.76. The Hall–Kier alpha value is -3.16. The number of thiophene rings is 1. The van der Waals surface area contributed by atoms with Crippen molar-refractivity contribution in [2.75, 3.05) is 13.3 Å². The quantitative estimate of drug-likeness (QED) is 0.340. The molecule has 4 rings (SSSR count). The number of hydrogen-bond donors (Lipinski definition) is 2. The molecule has 0 atom stereocenters. The number of aromatic amines is 1. The number of hydrogen-bond acceptors (Lipinski definition) is 6. The zero-order chi connectivity index (χ0) is 26.5. The van der Waals surface area contributed by atoms with Gasteiger partial charge in [-0.15, -0.1) is 11.3 Å². The minimum Gasteiger partial charge on any atom is -0.437 e. The number of nitrogens with zero attached hydrogens (tertiary/aromatic N) is 2. The molecule has 8 nitrogen and oxygen atoms in total. The largest absolute Gasteiger partial charge is 0.437 e. The van der Waals surface area contributed by atoms with Crippen molar-refractivity contribution in [2.24, 2.45) is 7.05 Å². The fourth-order valence-electron chi connectivity index (χ4n) is 4.18. The molecule has 0 fully saturated rings. The number of carbonyl (C=O) groups is 1. The highest BCUT2D eigenvalue weighted by Crippen LogP contribution is 2.49. The molecule has 0 aromatic carbocycles. The molecule has 0 aliphatic heterocycles. The van der Waals surface area contributed by atoms with Crippen LogP contribution < -0.4 is 20.2 Å². The lowest BCUT2D eigenvalue weighted by Gasteiger charge is -2.12. The molecule has 0 aliphatic carbocycles. The van der Waals surface area contributed by atoms with Crippen molar-refractivity contribution in [1.29, 1.82) is 0 Å². The van der Waals surface area contributed by atoms with Crippen molar-refractivity contribution >= 4 is 39.9 Å². The van der Waals surface area contributed by atoms with Gasteiger partial charge in [0.1, 0.15) is 18.4 Å². The van der Waals surface area contributed by atoms with Crippen LogP contribution in [0.2, 0.25) is 0 Å². The SMILES string of the molecule is Cc1cnc(Oc2c(-c3cn(C)c(=O)c4[nH]c(C(=O)NC(C)C)cc34)sc(P(C)(C)=O)c2C)c(C)c1. The molecule has 0 aliphatic rings. The topological polar surface area (TPSA) is 106 Å². The molecule has 4 heterocycles. The maximum atomic E-state index is 13.2. The predicted octanol–water partition coefficient (Wildman–Crippen LogP) is 5.09. The summed E-state index contributed by atoms with van der Waals surface area (Å²) in [4.78, 5) is 33.9. The zero-order valence-corrected chi connectivity index (χ0v) is 23.5. The van der Waals surface area contributed by atoms with E-state index in [2.05, 4.69) is 15.3 Å². The summed E-state index contributed by atoms with van der Waals surface area (Å²) in [6.45, 7) is 13.0. The van der Waals surface area contributed by atoms with Gasteiger partial charge < -0.3 is 24.2 Å². The van der Waals surface area contributed by atoms with Gasteiger partial charge >= 0.3 is 0 Å². The first kappa shape index (κ1) is 25.9. The number of fused-ring (bicyclic) bond motifs is 1. The molecule has 10 heteroatoms. The Kier molecular flexibility index (Phi) is 6.75. The van der Waals surface area contributed by atoms with E-state index in [9.17, 15) is 14.2 Å². The average Bonchev–Trinajstić information content (AvgIpc) is 3.35. The maximum Gasteiger partial charge on any atom is 0.274 e. The first-order valence-corrected chi connectivity index (χ1v) is 15.0. The van der Waals surface area contributed by atoms with Crippen molar-refractivity contribution in [3.8, 4) is 22.1 Å². The minimum atomic E-state index is -2.64. The van der Waals surface area contributed by atoms with Crippen LogP contribution in [-0.4, -0.2) is 39.8 Å². The Bertz CT molecular complexity index is 1610. The normalized spacial score (nSPS) is 11.9. The number of aromatic nitrogens is 3. The van der Waals surface area contributed by atoms with Crippen LogP contribution in [0.5, 0.6) is 11.6 Å². The Labute approximate surface area is 214 Å². The number of H-pyrrole nitrogens is 1. The molecule has 0 saturated carbocycles. The van der Waals surface area contributed by atoms with E-state index in [0.717, 1.165) is 26.2 Å². The van der Waals surface area contributed by atoms with E-state index in [1.54, 1.807) is 38.8 Å². The summed E-state index contributed by atoms with van der Waals surface area (Å²) in [6.07, 6.45) is 3.47. The standard InChI is InChI=1S/C26H31N4O4PS/c1-13(2)28-23(31)19-10-17-18(12-30(6)25(32)20(17)29-19)22-21(16(5)26(36-22)35(7,8)33)34-24-15(4)9-14(3)11-27-24/h9-13,29H,1-8H3,(H,28,31). The van der Waals surface area contributed by atoms with Gasteiger partial charge in [0.2, 0.25) is 5.88 Å². The predicted molar refractivity (Wildman–Crippen MR) is 147 cm³/mol. The Morgan fingerprint density at radius 1 is 1.22 bits per heavy atom. The maximum absolute atomic E-state index is 13.2. The van der Waals surface area contributed by atoms with Crippen molar-refractivity contribution < 1.29 is 14.1 Å². The first-order chi connectivity index (χ1) is 16.8. The molecular weight excluding hydrogens is 495 g/mol. The lowest BCUT2D eigenvalue weighted by molar-refractivity contribution is 0.0939. The van der Waals surface area contributed by atoms with Crippen LogP contribution in [0.3, 0.4) is 0 Å². The van der Waals surface area contributed by atoms with Crippen molar-refractivity contribution in [2.45, 2.75) is 40.7 Å². The second-order valence-electron chi connectivity index (χ2n) is 9.84. The van der Waals surface area contributed by atoms with E-state index in [-0.39, 0.29) is 17.5 Å². The molecule has 4 aromatic rings. The van der Waals surface area contributed by atoms with Gasteiger partial charge in [-0.25, -0.2) is 4.98 Å². The summed E-state index contributed by atoms with van der Waals surface area (Å²) in [7, 11) is -0.972. The van der Waals surface area contributed by atoms with E-state index in [1.807, 2.05) is 40.7 Å². The highest BCUT2D eigenvalue weighted by molar-refractivity contribution is 7.76. The number of aryl methyl sites for hydroxylation is 3. The Morgan fingerprint density at radius 3 is 2.53 bits per heavy atom. The van der Waals surface area contributed by atoms with Crippen LogP contribution in [0.1, 0.15) is 41.0 Å². The minimum absolute atomic E-state index is 0.0535. The number of pyridine rings is 2. The second-order valence-corrected chi connectivity index (χ2v) is 14.3. The molecule has 2 N–H and O–H groups in total. The van der Waals surface area contributed by atoms with Crippen molar-refractivity contribution in [3.63, 3.8) is 0 Å². The van der Waals surface area contributed by atoms with Gasteiger partial charge in [0.05, 0.1) is 9.50 Å². The summed E-state index contributed by atoms with van der Waals surface area (Å²) in [6, 6.07) is 3.63. The molecular formula is C26H31N4O4PS. The summed E-state index contributed by atoms with van der Waals surface area (Å²) in [5.74, 6) is 0.719. The lowest BCUT2D eigenvalue weighted by Crippen LogP contribution is -2.30. The number of ether oxygens (including phenoxy) is 1. The van der Waals surface area contributed by atoms with Crippen LogP contribution >= 0.6 is 18.5 Å². The first-order valence-electron chi connectivity index (χ1n) is 11.6. The van der Waals surface area contributed by atoms with Crippen LogP contribution in [0, 0.1) is 20.8 Å². The molecule has 36 heavy (non-hydrogen) atoms. The fourth-order valence-corrected chi connectivity index (χ4v) is 7.25. The molecule has 0 spiro atoms. The van der Waals surface area contributed by atoms with Gasteiger partial charge in [0.25, 0.3) is 11.5 Å². The number of carbonyl (C=O) groups excluding carboxylic acids is 1. The Morgan fingerprint density at radius 2 is 1.92 bits per heavy atom. The molecule has 0 unspecified atom stereocenters. The van der Waals surface area contributed by atoms with Crippen LogP contribution in [0.15, 0.2) is 29.3 Å². The second kappa shape index (κ2) is 9.37. The van der Waals surface area contributed by atoms with Crippen LogP contribution in [0.4, 0.5) is 0 Å². The highest BCUT2D eigenvalue weighted by Gasteiger charge is 2.28. The van der Waals surface area contributed by atoms with E-state index in [1.165, 1.54) is 15.9 Å². The third kappa shape index (κ3) is 4.77. The van der Waals surface area contributed by atoms with Gasteiger partial charge in [0, 0.05) is 47.6 Å². The van der Waals surface area contributed by atoms with Crippen LogP contribution in [-0.2, 0) is 11.6 Å². The van der Waals surface area contributed by atoms with E-state index in [4.69, 9.17) is 4.74 Å². The number of amides is 1. The Balaban J connectivity index is 1.99. The van der Waals surface area contributed by atoms with E-state index in [0.29, 0.717) is 33.8 Å². The van der Waals surface area contributed by atoms with Crippen LogP contribution in [0.25, 0.3) is 21.3 Å². The third-order valence-electron chi connectivity index (χ3n) is 5.79. The van der Waals surface area contributed by atoms with Gasteiger partial charge in [-0.3, -0.25) is 9.59 Å². The third-order valence-corrected chi connectivity index (χ3v) is 9.81. The number of nitrogens with one attached hydrogen (secondary N) is 2. The van der Waals surface area contributed by atoms with Gasteiger partial charge in [-0.1, -0.05) is 0 Å². The van der Waals surface area contributed by atoms with E-state index >= 15 is 0 Å². The summed E-state index contributed by atoms with van der Waals surface area (Å²) in [5, 5.41) is 3.45. The smallest absolute Gasteiger partial charge is 0.274 e. The van der Waals surface area contributed by atoms with Crippen molar-refractivity contribution in [1.82, 2.24) is 19.9 Å². The fraction of sp³-hybridized carbons (Fsp3) is 0.346. The van der Waals surface area contributed by atoms with Gasteiger partial charge in [-0.05, 0) is 65.6 Å². The average molecular weight is 527 g/mol. The molecule has 1 amide bonds.